The molecule has 0 amide bonds. The molecule has 0 fully saturated rings. The van der Waals surface area contributed by atoms with Crippen LogP contribution in [-0.4, -0.2) is 188 Å². The standard InChI is InChI=1S/3C6H12O7.V/c3*7-1-2(8)3(9)4(10)5(11)6(12)13;/h3*2-5,7-11H,1H2,(H,12,13);/q;;;+3/p-3/t3*2-,3-,4+,5-;/m111./s1. The Morgan fingerprint density at radius 1 is 0.400 bits per heavy atom. The number of rotatable bonds is 15. The predicted molar refractivity (Wildman–Crippen MR) is 108 cm³/mol. The van der Waals surface area contributed by atoms with Crippen molar-refractivity contribution in [1.29, 1.82) is 0 Å². The molecule has 0 aliphatic rings. The Bertz CT molecular complexity index is 608. The summed E-state index contributed by atoms with van der Waals surface area (Å²) in [5.41, 5.74) is 0. The Balaban J connectivity index is -0.000000240. The van der Waals surface area contributed by atoms with Crippen LogP contribution in [0.25, 0.3) is 0 Å². The van der Waals surface area contributed by atoms with Crippen molar-refractivity contribution in [2.45, 2.75) is 73.2 Å². The number of carbonyl (C=O) groups excluding carboxylic acids is 3. The number of carboxylic acids is 3. The van der Waals surface area contributed by atoms with Crippen molar-refractivity contribution >= 4 is 17.9 Å². The second kappa shape index (κ2) is 23.0. The fourth-order valence-corrected chi connectivity index (χ4v) is 1.99. The molecule has 0 aromatic heterocycles. The van der Waals surface area contributed by atoms with Gasteiger partial charge in [0.15, 0.2) is 0 Å². The molecule has 15 N–H and O–H groups in total. The largest absolute Gasteiger partial charge is 3.00 e. The summed E-state index contributed by atoms with van der Waals surface area (Å²) in [5.74, 6) is -5.93. The fraction of sp³-hybridized carbons (Fsp3) is 0.833. The van der Waals surface area contributed by atoms with Gasteiger partial charge in [-0.1, -0.05) is 0 Å². The molecule has 0 saturated heterocycles. The quantitative estimate of drug-likeness (QED) is 0.0793. The summed E-state index contributed by atoms with van der Waals surface area (Å²) < 4.78 is 0. The van der Waals surface area contributed by atoms with Crippen LogP contribution in [0.15, 0.2) is 0 Å². The third-order valence-corrected chi connectivity index (χ3v) is 4.49. The summed E-state index contributed by atoms with van der Waals surface area (Å²) >= 11 is 0. The van der Waals surface area contributed by atoms with E-state index in [-0.39, 0.29) is 18.6 Å². The minimum atomic E-state index is -2.31. The van der Waals surface area contributed by atoms with Crippen LogP contribution in [-0.2, 0) is 32.9 Å². The van der Waals surface area contributed by atoms with Crippen molar-refractivity contribution in [3.63, 3.8) is 0 Å². The van der Waals surface area contributed by atoms with Gasteiger partial charge in [-0.05, 0) is 0 Å². The summed E-state index contributed by atoms with van der Waals surface area (Å²) in [6.07, 6.45) is -24.2. The van der Waals surface area contributed by atoms with E-state index in [0.29, 0.717) is 0 Å². The average molecular weight is 636 g/mol. The molecule has 40 heavy (non-hydrogen) atoms. The first-order valence-electron chi connectivity index (χ1n) is 10.4. The fourth-order valence-electron chi connectivity index (χ4n) is 1.99. The van der Waals surface area contributed by atoms with Crippen molar-refractivity contribution < 1.29 is 125 Å². The molecule has 0 aliphatic heterocycles. The van der Waals surface area contributed by atoms with Crippen molar-refractivity contribution in [2.24, 2.45) is 0 Å². The Morgan fingerprint density at radius 3 is 0.650 bits per heavy atom. The van der Waals surface area contributed by atoms with Gasteiger partial charge in [0.05, 0.1) is 37.7 Å². The molecule has 236 valence electrons. The van der Waals surface area contributed by atoms with Crippen LogP contribution in [0, 0.1) is 0 Å². The first-order chi connectivity index (χ1) is 17.7. The van der Waals surface area contributed by atoms with E-state index in [0.717, 1.165) is 0 Å². The van der Waals surface area contributed by atoms with Gasteiger partial charge in [0.2, 0.25) is 0 Å². The monoisotopic (exact) mass is 636 g/mol. The Labute approximate surface area is 236 Å². The summed E-state index contributed by atoms with van der Waals surface area (Å²) in [7, 11) is 0. The first kappa shape index (κ1) is 45.4. The van der Waals surface area contributed by atoms with E-state index < -0.39 is 111 Å². The van der Waals surface area contributed by atoms with E-state index in [9.17, 15) is 29.7 Å². The molecule has 0 rings (SSSR count). The zero-order valence-corrected chi connectivity index (χ0v) is 21.6. The van der Waals surface area contributed by atoms with Crippen LogP contribution in [0.2, 0.25) is 0 Å². The molecule has 0 saturated carbocycles. The molecule has 0 unspecified atom stereocenters. The molecule has 0 spiro atoms. The summed E-state index contributed by atoms with van der Waals surface area (Å²) in [6, 6.07) is 0. The van der Waals surface area contributed by atoms with Crippen molar-refractivity contribution in [1.82, 2.24) is 0 Å². The molecule has 0 aliphatic carbocycles. The average Bonchev–Trinajstić information content (AvgIpc) is 2.92. The van der Waals surface area contributed by atoms with E-state index >= 15 is 0 Å². The maximum atomic E-state index is 9.98. The van der Waals surface area contributed by atoms with Gasteiger partial charge < -0.3 is 106 Å². The number of hydrogen-bond acceptors (Lipinski definition) is 21. The van der Waals surface area contributed by atoms with Gasteiger partial charge in [-0.3, -0.25) is 0 Å². The molecule has 12 atom stereocenters. The van der Waals surface area contributed by atoms with Crippen molar-refractivity contribution in [2.75, 3.05) is 19.8 Å². The molecule has 21 nitrogen and oxygen atoms in total. The number of aliphatic carboxylic acids is 3. The Hall–Kier alpha value is -1.61. The topological polar surface area (TPSA) is 424 Å². The third kappa shape index (κ3) is 16.6. The Morgan fingerprint density at radius 2 is 0.550 bits per heavy atom. The molecule has 0 aromatic carbocycles. The maximum Gasteiger partial charge on any atom is 3.00 e. The van der Waals surface area contributed by atoms with Gasteiger partial charge in [-0.2, -0.15) is 0 Å². The van der Waals surface area contributed by atoms with E-state index in [1.54, 1.807) is 0 Å². The van der Waals surface area contributed by atoms with E-state index in [1.807, 2.05) is 0 Å². The molecule has 22 heteroatoms. The minimum Gasteiger partial charge on any atom is -0.547 e. The van der Waals surface area contributed by atoms with E-state index in [1.165, 1.54) is 0 Å². The van der Waals surface area contributed by atoms with Crippen LogP contribution in [0.1, 0.15) is 0 Å². The molecule has 0 aromatic rings. The second-order valence-corrected chi connectivity index (χ2v) is 7.48. The summed E-state index contributed by atoms with van der Waals surface area (Å²) in [4.78, 5) is 29.9. The zero-order valence-electron chi connectivity index (χ0n) is 20.2. The van der Waals surface area contributed by atoms with Gasteiger partial charge in [0.1, 0.15) is 73.2 Å². The van der Waals surface area contributed by atoms with E-state index in [4.69, 9.17) is 76.6 Å². The number of hydrogen-bond donors (Lipinski definition) is 15. The number of carboxylic acid groups (broad SMARTS) is 3. The van der Waals surface area contributed by atoms with Crippen LogP contribution in [0.4, 0.5) is 0 Å². The first-order valence-corrected chi connectivity index (χ1v) is 10.4. The SMILES string of the molecule is O=C([O-])[C@H](O)[C@@H](O)[C@H](O)[C@H](O)CO.O=C([O-])[C@H](O)[C@@H](O)[C@H](O)[C@H](O)CO.O=C([O-])[C@H](O)[C@@H](O)[C@H](O)[C@H](O)CO.[V+3]. The van der Waals surface area contributed by atoms with Crippen LogP contribution in [0.5, 0.6) is 0 Å². The zero-order chi connectivity index (χ0) is 31.8. The van der Waals surface area contributed by atoms with Gasteiger partial charge in [0, 0.05) is 0 Å². The second-order valence-electron chi connectivity index (χ2n) is 7.48. The van der Waals surface area contributed by atoms with Gasteiger partial charge >= 0.3 is 18.6 Å². The predicted octanol–water partition coefficient (Wildman–Crippen LogP) is -14.5. The minimum absolute atomic E-state index is 0. The van der Waals surface area contributed by atoms with Gasteiger partial charge in [-0.15, -0.1) is 0 Å². The smallest absolute Gasteiger partial charge is 0.547 e. The van der Waals surface area contributed by atoms with Crippen LogP contribution < -0.4 is 15.3 Å². The number of carbonyl (C=O) groups is 3. The van der Waals surface area contributed by atoms with E-state index in [2.05, 4.69) is 0 Å². The maximum absolute atomic E-state index is 9.98. The number of aliphatic hydroxyl groups is 15. The molecular weight excluding hydrogens is 603 g/mol. The molecule has 0 radical (unpaired) electrons. The molecule has 0 heterocycles. The van der Waals surface area contributed by atoms with Crippen molar-refractivity contribution in [3.8, 4) is 0 Å². The van der Waals surface area contributed by atoms with Gasteiger partial charge in [-0.25, -0.2) is 0 Å². The Kier molecular flexibility index (Phi) is 26.1. The number of aliphatic hydroxyl groups excluding tert-OH is 15. The molecular formula is C18H33O21V. The molecule has 0 bridgehead atoms. The van der Waals surface area contributed by atoms with Crippen molar-refractivity contribution in [3.05, 3.63) is 0 Å². The van der Waals surface area contributed by atoms with Crippen LogP contribution in [0.3, 0.4) is 0 Å². The summed E-state index contributed by atoms with van der Waals surface area (Å²) in [6.45, 7) is -2.59. The normalized spacial score (nSPS) is 19.9. The third-order valence-electron chi connectivity index (χ3n) is 4.49. The van der Waals surface area contributed by atoms with Crippen LogP contribution >= 0.6 is 0 Å². The van der Waals surface area contributed by atoms with Gasteiger partial charge in [0.25, 0.3) is 0 Å². The summed E-state index contributed by atoms with van der Waals surface area (Å²) in [5, 5.41) is 160.